The Hall–Kier alpha value is -6.41. The molecule has 56 heavy (non-hydrogen) atoms. The van der Waals surface area contributed by atoms with Gasteiger partial charge in [0.1, 0.15) is 11.2 Å². The van der Waals surface area contributed by atoms with Gasteiger partial charge in [0.05, 0.1) is 15.5 Å². The lowest BCUT2D eigenvalue weighted by atomic mass is 9.98. The van der Waals surface area contributed by atoms with E-state index < -0.39 is 9.84 Å². The van der Waals surface area contributed by atoms with Crippen molar-refractivity contribution in [3.8, 4) is 22.3 Å². The highest BCUT2D eigenvalue weighted by atomic mass is 32.2. The number of nitrogens with zero attached hydrogens (tertiary/aromatic N) is 2. The molecule has 0 saturated heterocycles. The average molecular weight is 763 g/mol. The molecular formula is C49H34N2O3S2. The fourth-order valence-electron chi connectivity index (χ4n) is 7.78. The molecule has 10 rings (SSSR count). The van der Waals surface area contributed by atoms with Crippen LogP contribution >= 0.6 is 11.3 Å². The minimum atomic E-state index is -3.58. The third-order valence-electron chi connectivity index (χ3n) is 10.6. The minimum Gasteiger partial charge on any atom is -0.456 e. The molecule has 7 heteroatoms. The summed E-state index contributed by atoms with van der Waals surface area (Å²) in [5.74, 6) is 0.594. The predicted molar refractivity (Wildman–Crippen MR) is 233 cm³/mol. The number of allylic oxidation sites excluding steroid dienone is 1. The molecule has 0 spiro atoms. The SMILES string of the molecule is CC(=NC(=NC(=C(C)C)c1ccccc1)c1ccc2c(c1)oc1ccccc12)c1ccc2sc3ccc(-c4ccc5c(c4)S(=O)(=O)c4ccccc4-5)cc3c2c1. The highest BCUT2D eigenvalue weighted by molar-refractivity contribution is 7.92. The molecule has 0 unspecified atom stereocenters. The van der Waals surface area contributed by atoms with E-state index in [1.807, 2.05) is 79.7 Å². The molecule has 0 atom stereocenters. The first-order valence-electron chi connectivity index (χ1n) is 18.5. The number of para-hydroxylation sites is 1. The lowest BCUT2D eigenvalue weighted by Crippen LogP contribution is -2.05. The largest absolute Gasteiger partial charge is 0.456 e. The van der Waals surface area contributed by atoms with Crippen LogP contribution in [0.1, 0.15) is 37.5 Å². The quantitative estimate of drug-likeness (QED) is 0.129. The van der Waals surface area contributed by atoms with Crippen LogP contribution < -0.4 is 0 Å². The lowest BCUT2D eigenvalue weighted by molar-refractivity contribution is 0.598. The van der Waals surface area contributed by atoms with Crippen LogP contribution in [0.15, 0.2) is 181 Å². The van der Waals surface area contributed by atoms with Gasteiger partial charge in [0.15, 0.2) is 5.84 Å². The Bertz CT molecular complexity index is 3290. The molecule has 7 aromatic carbocycles. The van der Waals surface area contributed by atoms with Gasteiger partial charge >= 0.3 is 0 Å². The molecule has 5 nitrogen and oxygen atoms in total. The van der Waals surface area contributed by atoms with Crippen LogP contribution in [-0.2, 0) is 9.84 Å². The molecule has 1 aliphatic rings. The highest BCUT2D eigenvalue weighted by Crippen LogP contribution is 2.45. The van der Waals surface area contributed by atoms with Crippen molar-refractivity contribution in [1.82, 2.24) is 0 Å². The number of amidine groups is 1. The van der Waals surface area contributed by atoms with Crippen molar-refractivity contribution in [3.63, 3.8) is 0 Å². The molecule has 0 amide bonds. The van der Waals surface area contributed by atoms with Crippen molar-refractivity contribution in [3.05, 3.63) is 174 Å². The fourth-order valence-corrected chi connectivity index (χ4v) is 10.6. The number of hydrogen-bond donors (Lipinski definition) is 0. The summed E-state index contributed by atoms with van der Waals surface area (Å²) < 4.78 is 35.6. The zero-order valence-electron chi connectivity index (χ0n) is 30.9. The fraction of sp³-hybridized carbons (Fsp3) is 0.0612. The summed E-state index contributed by atoms with van der Waals surface area (Å²) in [5, 5.41) is 4.36. The summed E-state index contributed by atoms with van der Waals surface area (Å²) in [7, 11) is -3.58. The molecule has 0 saturated carbocycles. The van der Waals surface area contributed by atoms with Gasteiger partial charge in [0.25, 0.3) is 0 Å². The zero-order chi connectivity index (χ0) is 38.1. The first-order valence-corrected chi connectivity index (χ1v) is 20.8. The average Bonchev–Trinajstić information content (AvgIpc) is 3.86. The van der Waals surface area contributed by atoms with Crippen LogP contribution in [0.2, 0.25) is 0 Å². The van der Waals surface area contributed by atoms with Crippen molar-refractivity contribution in [2.75, 3.05) is 0 Å². The Morgan fingerprint density at radius 1 is 0.518 bits per heavy atom. The van der Waals surface area contributed by atoms with Crippen molar-refractivity contribution in [1.29, 1.82) is 0 Å². The first kappa shape index (κ1) is 34.1. The van der Waals surface area contributed by atoms with Crippen LogP contribution in [0.4, 0.5) is 0 Å². The van der Waals surface area contributed by atoms with Gasteiger partial charge in [-0.2, -0.15) is 0 Å². The zero-order valence-corrected chi connectivity index (χ0v) is 32.5. The normalized spacial score (nSPS) is 13.8. The summed E-state index contributed by atoms with van der Waals surface area (Å²) in [4.78, 5) is 11.3. The number of sulfone groups is 1. The van der Waals surface area contributed by atoms with Crippen LogP contribution in [-0.4, -0.2) is 20.0 Å². The maximum absolute atomic E-state index is 13.5. The molecule has 270 valence electrons. The van der Waals surface area contributed by atoms with E-state index in [1.165, 1.54) is 4.70 Å². The second-order valence-electron chi connectivity index (χ2n) is 14.4. The number of furan rings is 1. The van der Waals surface area contributed by atoms with Gasteiger partial charge in [0, 0.05) is 58.9 Å². The van der Waals surface area contributed by atoms with Crippen molar-refractivity contribution in [2.45, 2.75) is 30.6 Å². The van der Waals surface area contributed by atoms with Gasteiger partial charge < -0.3 is 4.42 Å². The van der Waals surface area contributed by atoms with Gasteiger partial charge in [-0.15, -0.1) is 11.3 Å². The monoisotopic (exact) mass is 762 g/mol. The second kappa shape index (κ2) is 13.1. The minimum absolute atomic E-state index is 0.362. The van der Waals surface area contributed by atoms with Crippen molar-refractivity contribution in [2.24, 2.45) is 9.98 Å². The van der Waals surface area contributed by atoms with Crippen LogP contribution in [0.5, 0.6) is 0 Å². The topological polar surface area (TPSA) is 72.0 Å². The van der Waals surface area contributed by atoms with E-state index in [0.29, 0.717) is 15.6 Å². The Morgan fingerprint density at radius 3 is 2.02 bits per heavy atom. The number of aliphatic imine (C=N–C) groups is 2. The Kier molecular flexibility index (Phi) is 7.99. The molecular weight excluding hydrogens is 729 g/mol. The molecule has 0 N–H and O–H groups in total. The van der Waals surface area contributed by atoms with Crippen LogP contribution in [0.3, 0.4) is 0 Å². The van der Waals surface area contributed by atoms with E-state index in [1.54, 1.807) is 23.5 Å². The predicted octanol–water partition coefficient (Wildman–Crippen LogP) is 13.1. The van der Waals surface area contributed by atoms with Crippen molar-refractivity contribution < 1.29 is 12.8 Å². The van der Waals surface area contributed by atoms with Gasteiger partial charge in [-0.3, -0.25) is 0 Å². The van der Waals surface area contributed by atoms with Crippen LogP contribution in [0.25, 0.3) is 70.1 Å². The maximum atomic E-state index is 13.5. The number of fused-ring (bicyclic) bond motifs is 9. The Morgan fingerprint density at radius 2 is 1.18 bits per heavy atom. The molecule has 9 aromatic rings. The Labute approximate surface area is 328 Å². The van der Waals surface area contributed by atoms with Gasteiger partial charge in [-0.1, -0.05) is 103 Å². The summed E-state index contributed by atoms with van der Waals surface area (Å²) in [6, 6.07) is 50.4. The van der Waals surface area contributed by atoms with E-state index in [-0.39, 0.29) is 0 Å². The number of benzene rings is 7. The van der Waals surface area contributed by atoms with Crippen LogP contribution in [0, 0.1) is 0 Å². The molecule has 2 aromatic heterocycles. The van der Waals surface area contributed by atoms with E-state index in [2.05, 4.69) is 80.6 Å². The van der Waals surface area contributed by atoms with Crippen molar-refractivity contribution >= 4 is 80.5 Å². The first-order chi connectivity index (χ1) is 27.2. The molecule has 0 bridgehead atoms. The molecule has 0 fully saturated rings. The third-order valence-corrected chi connectivity index (χ3v) is 13.6. The standard InChI is InChI=1S/C49H34N2O3S2/c1-29(2)48(31-11-5-4-6-12-31)51-49(35-18-21-37-36-13-7-9-15-42(36)54-43(37)27-35)50-30(3)32-19-23-44-40(25-32)41-26-33(20-24-45(41)55-44)34-17-22-39-38-14-8-10-16-46(38)56(52,53)47(39)28-34/h4-28H,1-3H3. The Balaban J connectivity index is 1.08. The van der Waals surface area contributed by atoms with Gasteiger partial charge in [-0.05, 0) is 92.1 Å². The number of thiophene rings is 1. The highest BCUT2D eigenvalue weighted by Gasteiger charge is 2.32. The van der Waals surface area contributed by atoms with E-state index >= 15 is 0 Å². The van der Waals surface area contributed by atoms with Gasteiger partial charge in [0.2, 0.25) is 9.84 Å². The summed E-state index contributed by atoms with van der Waals surface area (Å²) >= 11 is 1.74. The van der Waals surface area contributed by atoms with E-state index in [0.717, 1.165) is 93.3 Å². The second-order valence-corrected chi connectivity index (χ2v) is 17.4. The lowest BCUT2D eigenvalue weighted by Gasteiger charge is -2.10. The number of hydrogen-bond acceptors (Lipinski definition) is 5. The smallest absolute Gasteiger partial charge is 0.207 e. The molecule has 1 aliphatic heterocycles. The van der Waals surface area contributed by atoms with Gasteiger partial charge in [-0.25, -0.2) is 18.4 Å². The molecule has 3 heterocycles. The molecule has 0 aliphatic carbocycles. The van der Waals surface area contributed by atoms with E-state index in [9.17, 15) is 8.42 Å². The summed E-state index contributed by atoms with van der Waals surface area (Å²) in [6.45, 7) is 6.18. The maximum Gasteiger partial charge on any atom is 0.207 e. The summed E-state index contributed by atoms with van der Waals surface area (Å²) in [6.07, 6.45) is 0. The van der Waals surface area contributed by atoms with E-state index in [4.69, 9.17) is 14.4 Å². The summed E-state index contributed by atoms with van der Waals surface area (Å²) in [5.41, 5.74) is 10.6. The third kappa shape index (κ3) is 5.62. The number of rotatable bonds is 5. The molecule has 0 radical (unpaired) electrons.